The maximum absolute atomic E-state index is 13.6. The molecule has 0 fully saturated rings. The number of benzene rings is 1. The number of aryl methyl sites for hydroxylation is 1. The lowest BCUT2D eigenvalue weighted by Crippen LogP contribution is -2.18. The smallest absolute Gasteiger partial charge is 0.281 e. The molecule has 0 amide bonds. The van der Waals surface area contributed by atoms with Gasteiger partial charge in [-0.2, -0.15) is 8.42 Å². The molecule has 2 rings (SSSR count). The standard InChI is InChI=1S/C10H10BrFN4O2S/c1-16-5-14-9(13)10(16)19(17,18)15-8-3-2-6(11)4-7(8)12/h2-5,15H,13H2,1H3. The van der Waals surface area contributed by atoms with Crippen molar-refractivity contribution >= 4 is 37.5 Å². The predicted molar refractivity (Wildman–Crippen MR) is 72.5 cm³/mol. The number of imidazole rings is 1. The monoisotopic (exact) mass is 348 g/mol. The minimum atomic E-state index is -4.00. The van der Waals surface area contributed by atoms with Gasteiger partial charge in [0.25, 0.3) is 10.0 Å². The predicted octanol–water partition coefficient (Wildman–Crippen LogP) is 1.70. The van der Waals surface area contributed by atoms with Crippen LogP contribution >= 0.6 is 15.9 Å². The summed E-state index contributed by atoms with van der Waals surface area (Å²) < 4.78 is 41.7. The van der Waals surface area contributed by atoms with Crippen molar-refractivity contribution in [3.8, 4) is 0 Å². The van der Waals surface area contributed by atoms with Crippen LogP contribution in [0.15, 0.2) is 34.0 Å². The molecule has 0 spiro atoms. The summed E-state index contributed by atoms with van der Waals surface area (Å²) >= 11 is 3.09. The number of nitrogen functional groups attached to an aromatic ring is 1. The molecule has 9 heteroatoms. The summed E-state index contributed by atoms with van der Waals surface area (Å²) in [5, 5.41) is -0.213. The summed E-state index contributed by atoms with van der Waals surface area (Å²) in [6.07, 6.45) is 1.27. The van der Waals surface area contributed by atoms with Crippen LogP contribution in [-0.4, -0.2) is 18.0 Å². The van der Waals surface area contributed by atoms with Gasteiger partial charge in [-0.05, 0) is 18.2 Å². The third-order valence-corrected chi connectivity index (χ3v) is 4.33. The summed E-state index contributed by atoms with van der Waals surface area (Å²) in [5.74, 6) is -0.841. The number of hydrogen-bond donors (Lipinski definition) is 2. The minimum absolute atomic E-state index is 0.146. The third-order valence-electron chi connectivity index (χ3n) is 2.34. The molecule has 0 aliphatic rings. The van der Waals surface area contributed by atoms with Crippen LogP contribution in [0.5, 0.6) is 0 Å². The molecule has 0 aliphatic carbocycles. The van der Waals surface area contributed by atoms with Crippen molar-refractivity contribution in [2.75, 3.05) is 10.5 Å². The Morgan fingerprint density at radius 3 is 2.68 bits per heavy atom. The fraction of sp³-hybridized carbons (Fsp3) is 0.100. The zero-order valence-electron chi connectivity index (χ0n) is 9.76. The van der Waals surface area contributed by atoms with Crippen LogP contribution in [0, 0.1) is 5.82 Å². The first-order valence-electron chi connectivity index (χ1n) is 5.06. The molecular weight excluding hydrogens is 339 g/mol. The van der Waals surface area contributed by atoms with Crippen LogP contribution in [0.1, 0.15) is 0 Å². The Balaban J connectivity index is 2.42. The molecule has 0 atom stereocenters. The lowest BCUT2D eigenvalue weighted by atomic mass is 10.3. The minimum Gasteiger partial charge on any atom is -0.381 e. The highest BCUT2D eigenvalue weighted by molar-refractivity contribution is 9.10. The summed E-state index contributed by atoms with van der Waals surface area (Å²) in [6.45, 7) is 0. The first kappa shape index (κ1) is 13.8. The Hall–Kier alpha value is -1.61. The van der Waals surface area contributed by atoms with Crippen LogP contribution in [0.2, 0.25) is 0 Å². The molecule has 102 valence electrons. The fourth-order valence-electron chi connectivity index (χ4n) is 1.53. The lowest BCUT2D eigenvalue weighted by molar-refractivity contribution is 0.589. The van der Waals surface area contributed by atoms with Gasteiger partial charge in [0.05, 0.1) is 12.0 Å². The van der Waals surface area contributed by atoms with E-state index in [0.29, 0.717) is 4.47 Å². The van der Waals surface area contributed by atoms with Crippen LogP contribution in [-0.2, 0) is 17.1 Å². The molecule has 1 aromatic heterocycles. The number of sulfonamides is 1. The second-order valence-corrected chi connectivity index (χ2v) is 6.29. The molecule has 0 saturated carbocycles. The van der Waals surface area contributed by atoms with Gasteiger partial charge in [0.15, 0.2) is 10.8 Å². The average molecular weight is 349 g/mol. The molecule has 0 bridgehead atoms. The van der Waals surface area contributed by atoms with Crippen molar-refractivity contribution in [3.63, 3.8) is 0 Å². The van der Waals surface area contributed by atoms with Gasteiger partial charge in [0, 0.05) is 11.5 Å². The second kappa shape index (κ2) is 4.82. The molecule has 0 saturated heterocycles. The molecule has 3 N–H and O–H groups in total. The van der Waals surface area contributed by atoms with Gasteiger partial charge in [-0.1, -0.05) is 15.9 Å². The Kier molecular flexibility index (Phi) is 3.50. The lowest BCUT2D eigenvalue weighted by Gasteiger charge is -2.10. The first-order valence-corrected chi connectivity index (χ1v) is 7.33. The summed E-state index contributed by atoms with van der Waals surface area (Å²) in [5.41, 5.74) is 5.33. The van der Waals surface area contributed by atoms with E-state index in [0.717, 1.165) is 6.07 Å². The molecule has 1 aromatic carbocycles. The topological polar surface area (TPSA) is 90.0 Å². The Labute approximate surface area is 117 Å². The molecule has 0 radical (unpaired) electrons. The summed E-state index contributed by atoms with van der Waals surface area (Å²) in [6, 6.07) is 3.99. The van der Waals surface area contributed by atoms with E-state index >= 15 is 0 Å². The third kappa shape index (κ3) is 2.71. The Morgan fingerprint density at radius 2 is 2.16 bits per heavy atom. The average Bonchev–Trinajstić information content (AvgIpc) is 2.63. The quantitative estimate of drug-likeness (QED) is 0.883. The first-order chi connectivity index (χ1) is 8.81. The van der Waals surface area contributed by atoms with Crippen LogP contribution < -0.4 is 10.5 Å². The number of anilines is 2. The van der Waals surface area contributed by atoms with Gasteiger partial charge < -0.3 is 10.3 Å². The second-order valence-electron chi connectivity index (χ2n) is 3.78. The fourth-order valence-corrected chi connectivity index (χ4v) is 3.17. The van der Waals surface area contributed by atoms with E-state index in [4.69, 9.17) is 5.73 Å². The number of nitrogens with zero attached hydrogens (tertiary/aromatic N) is 2. The van der Waals surface area contributed by atoms with Gasteiger partial charge in [0.2, 0.25) is 0 Å². The molecule has 6 nitrogen and oxygen atoms in total. The highest BCUT2D eigenvalue weighted by Crippen LogP contribution is 2.24. The van der Waals surface area contributed by atoms with E-state index in [-0.39, 0.29) is 16.5 Å². The number of nitrogens with two attached hydrogens (primary N) is 1. The van der Waals surface area contributed by atoms with Crippen molar-refractivity contribution in [1.29, 1.82) is 0 Å². The van der Waals surface area contributed by atoms with E-state index in [9.17, 15) is 12.8 Å². The van der Waals surface area contributed by atoms with Gasteiger partial charge in [-0.3, -0.25) is 4.72 Å². The van der Waals surface area contributed by atoms with Crippen LogP contribution in [0.4, 0.5) is 15.9 Å². The summed E-state index contributed by atoms with van der Waals surface area (Å²) in [7, 11) is -2.51. The van der Waals surface area contributed by atoms with Crippen molar-refractivity contribution < 1.29 is 12.8 Å². The number of rotatable bonds is 3. The van der Waals surface area contributed by atoms with Crippen molar-refractivity contribution in [2.45, 2.75) is 5.03 Å². The number of aromatic nitrogens is 2. The molecular formula is C10H10BrFN4O2S. The van der Waals surface area contributed by atoms with Crippen molar-refractivity contribution in [2.24, 2.45) is 7.05 Å². The Morgan fingerprint density at radius 1 is 1.47 bits per heavy atom. The zero-order valence-corrected chi connectivity index (χ0v) is 12.2. The molecule has 1 heterocycles. The molecule has 0 aliphatic heterocycles. The van der Waals surface area contributed by atoms with E-state index in [1.54, 1.807) is 0 Å². The molecule has 0 unspecified atom stereocenters. The molecule has 2 aromatic rings. The van der Waals surface area contributed by atoms with E-state index in [1.165, 1.54) is 30.1 Å². The van der Waals surface area contributed by atoms with Crippen molar-refractivity contribution in [1.82, 2.24) is 9.55 Å². The maximum Gasteiger partial charge on any atom is 0.281 e. The van der Waals surface area contributed by atoms with E-state index < -0.39 is 15.8 Å². The highest BCUT2D eigenvalue weighted by Gasteiger charge is 2.23. The number of hydrogen-bond acceptors (Lipinski definition) is 4. The van der Waals surface area contributed by atoms with Gasteiger partial charge in [0.1, 0.15) is 5.82 Å². The molecule has 19 heavy (non-hydrogen) atoms. The van der Waals surface area contributed by atoms with E-state index in [2.05, 4.69) is 25.6 Å². The van der Waals surface area contributed by atoms with Crippen LogP contribution in [0.25, 0.3) is 0 Å². The van der Waals surface area contributed by atoms with Gasteiger partial charge >= 0.3 is 0 Å². The number of halogens is 2. The maximum atomic E-state index is 13.6. The zero-order chi connectivity index (χ0) is 14.2. The largest absolute Gasteiger partial charge is 0.381 e. The normalized spacial score (nSPS) is 11.5. The Bertz CT molecular complexity index is 710. The summed E-state index contributed by atoms with van der Waals surface area (Å²) in [4.78, 5) is 3.68. The number of nitrogens with one attached hydrogen (secondary N) is 1. The van der Waals surface area contributed by atoms with Crippen molar-refractivity contribution in [3.05, 3.63) is 34.8 Å². The SMILES string of the molecule is Cn1cnc(N)c1S(=O)(=O)Nc1ccc(Br)cc1F. The van der Waals surface area contributed by atoms with E-state index in [1.807, 2.05) is 0 Å². The van der Waals surface area contributed by atoms with Gasteiger partial charge in [-0.15, -0.1) is 0 Å². The van der Waals surface area contributed by atoms with Gasteiger partial charge in [-0.25, -0.2) is 9.37 Å². The highest BCUT2D eigenvalue weighted by atomic mass is 79.9. The van der Waals surface area contributed by atoms with Crippen LogP contribution in [0.3, 0.4) is 0 Å².